The molecule has 0 saturated carbocycles. The van der Waals surface area contributed by atoms with Gasteiger partial charge in [0.2, 0.25) is 0 Å². The molecule has 2 aromatic rings. The zero-order chi connectivity index (χ0) is 20.9. The van der Waals surface area contributed by atoms with Gasteiger partial charge in [-0.15, -0.1) is 0 Å². The second kappa shape index (κ2) is 11.5. The van der Waals surface area contributed by atoms with E-state index in [4.69, 9.17) is 0 Å². The van der Waals surface area contributed by atoms with E-state index in [1.807, 2.05) is 66.0 Å². The molecule has 3 N–H and O–H groups in total. The van der Waals surface area contributed by atoms with Gasteiger partial charge in [-0.25, -0.2) is 9.59 Å². The van der Waals surface area contributed by atoms with Crippen molar-refractivity contribution in [3.05, 3.63) is 85.0 Å². The number of cyclic esters (lactones) is 2. The molecule has 0 saturated heterocycles. The lowest BCUT2D eigenvalue weighted by atomic mass is 10.3. The summed E-state index contributed by atoms with van der Waals surface area (Å²) >= 11 is 0. The van der Waals surface area contributed by atoms with Gasteiger partial charge in [-0.3, -0.25) is 14.9 Å². The van der Waals surface area contributed by atoms with E-state index in [9.17, 15) is 19.2 Å². The van der Waals surface area contributed by atoms with Gasteiger partial charge in [0.15, 0.2) is 0 Å². The number of anilines is 2. The Hall–Kier alpha value is -4.20. The quantitative estimate of drug-likeness (QED) is 0.315. The number of para-hydroxylation sites is 2. The van der Waals surface area contributed by atoms with Crippen LogP contribution in [0.15, 0.2) is 85.0 Å². The number of ether oxygens (including phenoxy) is 1. The molecule has 0 fully saturated rings. The fourth-order valence-corrected chi connectivity index (χ4v) is 2.02. The normalized spacial score (nSPS) is 13.5. The molecule has 0 spiro atoms. The van der Waals surface area contributed by atoms with Gasteiger partial charge in [0, 0.05) is 35.7 Å². The topological polar surface area (TPSA) is 114 Å². The van der Waals surface area contributed by atoms with Gasteiger partial charge in [-0.05, 0) is 24.3 Å². The molecule has 0 unspecified atom stereocenters. The number of esters is 2. The number of nitrogens with one attached hydrogen (secondary N) is 3. The van der Waals surface area contributed by atoms with Crippen LogP contribution in [0.4, 0.5) is 11.4 Å². The van der Waals surface area contributed by atoms with Crippen molar-refractivity contribution < 1.29 is 23.9 Å². The Morgan fingerprint density at radius 1 is 0.621 bits per heavy atom. The highest BCUT2D eigenvalue weighted by molar-refractivity contribution is 6.12. The molecule has 0 bridgehead atoms. The lowest BCUT2D eigenvalue weighted by molar-refractivity contribution is -0.150. The molecule has 2 aliphatic heterocycles. The first kappa shape index (κ1) is 21.1. The van der Waals surface area contributed by atoms with E-state index in [-0.39, 0.29) is 11.8 Å². The Labute approximate surface area is 167 Å². The molecule has 148 valence electrons. The van der Waals surface area contributed by atoms with E-state index >= 15 is 0 Å². The zero-order valence-electron chi connectivity index (χ0n) is 15.3. The van der Waals surface area contributed by atoms with Crippen LogP contribution in [0.1, 0.15) is 0 Å². The summed E-state index contributed by atoms with van der Waals surface area (Å²) in [6.07, 6.45) is 4.56. The molecule has 8 heteroatoms. The highest BCUT2D eigenvalue weighted by atomic mass is 16.6. The Kier molecular flexibility index (Phi) is 8.37. The number of amides is 2. The van der Waals surface area contributed by atoms with Crippen molar-refractivity contribution in [2.75, 3.05) is 17.3 Å². The predicted octanol–water partition coefficient (Wildman–Crippen LogP) is 1.99. The number of imide groups is 1. The minimum absolute atomic E-state index is 0.329. The van der Waals surface area contributed by atoms with E-state index in [2.05, 4.69) is 15.4 Å². The van der Waals surface area contributed by atoms with Gasteiger partial charge < -0.3 is 15.4 Å². The Balaban J connectivity index is 0.000000178. The van der Waals surface area contributed by atoms with Gasteiger partial charge in [0.25, 0.3) is 11.8 Å². The van der Waals surface area contributed by atoms with E-state index in [0.29, 0.717) is 0 Å². The molecule has 2 aliphatic rings. The SMILES string of the molecule is O=C1C=CC(=O)N1.O=C1C=CC(=O)O1.c1ccc(NCNc2ccccc2)cc1. The van der Waals surface area contributed by atoms with Gasteiger partial charge in [0.1, 0.15) is 0 Å². The van der Waals surface area contributed by atoms with Crippen LogP contribution in [0.3, 0.4) is 0 Å². The van der Waals surface area contributed by atoms with Crippen LogP contribution in [0.5, 0.6) is 0 Å². The average molecular weight is 393 g/mol. The van der Waals surface area contributed by atoms with Gasteiger partial charge in [-0.1, -0.05) is 36.4 Å². The van der Waals surface area contributed by atoms with Crippen molar-refractivity contribution in [3.8, 4) is 0 Å². The Morgan fingerprint density at radius 2 is 1.03 bits per heavy atom. The summed E-state index contributed by atoms with van der Waals surface area (Å²) in [5, 5.41) is 8.59. The number of carbonyl (C=O) groups is 4. The molecule has 2 aromatic carbocycles. The van der Waals surface area contributed by atoms with E-state index < -0.39 is 11.9 Å². The highest BCUT2D eigenvalue weighted by Crippen LogP contribution is 2.06. The Bertz CT molecular complexity index is 801. The maximum absolute atomic E-state index is 10.0. The van der Waals surface area contributed by atoms with Crippen LogP contribution in [0.2, 0.25) is 0 Å². The van der Waals surface area contributed by atoms with E-state index in [1.54, 1.807) is 0 Å². The molecule has 29 heavy (non-hydrogen) atoms. The van der Waals surface area contributed by atoms with Crippen molar-refractivity contribution in [1.29, 1.82) is 0 Å². The molecular weight excluding hydrogens is 374 g/mol. The lowest BCUT2D eigenvalue weighted by Crippen LogP contribution is -2.19. The first-order valence-electron chi connectivity index (χ1n) is 8.57. The fraction of sp³-hybridized carbons (Fsp3) is 0.0476. The molecule has 8 nitrogen and oxygen atoms in total. The van der Waals surface area contributed by atoms with Crippen molar-refractivity contribution in [3.63, 3.8) is 0 Å². The summed E-state index contributed by atoms with van der Waals surface area (Å²) in [5.41, 5.74) is 2.25. The van der Waals surface area contributed by atoms with E-state index in [1.165, 1.54) is 12.2 Å². The Morgan fingerprint density at radius 3 is 1.31 bits per heavy atom. The van der Waals surface area contributed by atoms with Crippen molar-refractivity contribution in [1.82, 2.24) is 5.32 Å². The maximum Gasteiger partial charge on any atom is 0.338 e. The first-order valence-corrected chi connectivity index (χ1v) is 8.57. The summed E-state index contributed by atoms with van der Waals surface area (Å²) < 4.78 is 3.97. The third kappa shape index (κ3) is 8.83. The molecular formula is C21H19N3O5. The third-order valence-electron chi connectivity index (χ3n) is 3.32. The molecule has 0 aromatic heterocycles. The summed E-state index contributed by atoms with van der Waals surface area (Å²) in [7, 11) is 0. The highest BCUT2D eigenvalue weighted by Gasteiger charge is 2.10. The molecule has 0 radical (unpaired) electrons. The van der Waals surface area contributed by atoms with Crippen LogP contribution in [-0.4, -0.2) is 30.4 Å². The average Bonchev–Trinajstić information content (AvgIpc) is 3.30. The largest absolute Gasteiger partial charge is 0.387 e. The zero-order valence-corrected chi connectivity index (χ0v) is 15.3. The molecule has 4 rings (SSSR count). The fourth-order valence-electron chi connectivity index (χ4n) is 2.02. The van der Waals surface area contributed by atoms with Crippen LogP contribution in [-0.2, 0) is 23.9 Å². The summed E-state index contributed by atoms with van der Waals surface area (Å²) in [6.45, 7) is 0.730. The second-order valence-electron chi connectivity index (χ2n) is 5.52. The second-order valence-corrected chi connectivity index (χ2v) is 5.52. The number of hydrogen-bond donors (Lipinski definition) is 3. The third-order valence-corrected chi connectivity index (χ3v) is 3.32. The number of benzene rings is 2. The summed E-state index contributed by atoms with van der Waals surface area (Å²) in [6, 6.07) is 20.3. The van der Waals surface area contributed by atoms with Crippen LogP contribution in [0.25, 0.3) is 0 Å². The number of carbonyl (C=O) groups excluding carboxylic acids is 4. The molecule has 0 aliphatic carbocycles. The first-order chi connectivity index (χ1) is 14.0. The summed E-state index contributed by atoms with van der Waals surface area (Å²) in [5.74, 6) is -1.81. The maximum atomic E-state index is 10.0. The van der Waals surface area contributed by atoms with Crippen molar-refractivity contribution in [2.24, 2.45) is 0 Å². The lowest BCUT2D eigenvalue weighted by Gasteiger charge is -2.08. The van der Waals surface area contributed by atoms with Crippen molar-refractivity contribution >= 4 is 35.1 Å². The standard InChI is InChI=1S/C13H14N2.C4H3NO2.C4H2O3/c1-3-7-12(8-4-1)14-11-15-13-9-5-2-6-10-13;6-3-1-2-4(7)5-3;5-3-1-2-4(6)7-3/h1-10,14-15H,11H2;1-2H,(H,5,6,7);1-2H. The van der Waals surface area contributed by atoms with Gasteiger partial charge in [0.05, 0.1) is 6.67 Å². The molecule has 2 heterocycles. The minimum atomic E-state index is -0.579. The van der Waals surface area contributed by atoms with Crippen LogP contribution in [0, 0.1) is 0 Å². The molecule has 0 atom stereocenters. The number of rotatable bonds is 4. The monoisotopic (exact) mass is 393 g/mol. The minimum Gasteiger partial charge on any atom is -0.387 e. The molecule has 2 amide bonds. The van der Waals surface area contributed by atoms with Crippen LogP contribution < -0.4 is 16.0 Å². The van der Waals surface area contributed by atoms with E-state index in [0.717, 1.165) is 30.2 Å². The van der Waals surface area contributed by atoms with Gasteiger partial charge in [-0.2, -0.15) is 0 Å². The predicted molar refractivity (Wildman–Crippen MR) is 108 cm³/mol. The number of hydrogen-bond acceptors (Lipinski definition) is 7. The summed E-state index contributed by atoms with van der Waals surface area (Å²) in [4.78, 5) is 39.9. The van der Waals surface area contributed by atoms with Gasteiger partial charge >= 0.3 is 11.9 Å². The van der Waals surface area contributed by atoms with Crippen molar-refractivity contribution in [2.45, 2.75) is 0 Å². The van der Waals surface area contributed by atoms with Crippen LogP contribution >= 0.6 is 0 Å². The smallest absolute Gasteiger partial charge is 0.338 e.